The lowest BCUT2D eigenvalue weighted by Gasteiger charge is -2.23. The molecular formula is C14H18FN3O3S. The Morgan fingerprint density at radius 2 is 1.91 bits per heavy atom. The molecule has 0 N–H and O–H groups in total. The molecule has 0 saturated heterocycles. The number of nitriles is 1. The summed E-state index contributed by atoms with van der Waals surface area (Å²) in [4.78, 5) is 13.3. The fraction of sp³-hybridized carbons (Fsp3) is 0.429. The molecule has 8 heteroatoms. The lowest BCUT2D eigenvalue weighted by Crippen LogP contribution is -2.41. The van der Waals surface area contributed by atoms with Crippen molar-refractivity contribution in [1.29, 1.82) is 5.26 Å². The minimum absolute atomic E-state index is 0.222. The highest BCUT2D eigenvalue weighted by molar-refractivity contribution is 7.89. The summed E-state index contributed by atoms with van der Waals surface area (Å²) in [7, 11) is -2.70. The van der Waals surface area contributed by atoms with E-state index in [-0.39, 0.29) is 22.9 Å². The molecule has 0 heterocycles. The van der Waals surface area contributed by atoms with Crippen LogP contribution in [0.5, 0.6) is 0 Å². The van der Waals surface area contributed by atoms with Gasteiger partial charge in [0.2, 0.25) is 15.9 Å². The van der Waals surface area contributed by atoms with Crippen molar-refractivity contribution in [2.75, 3.05) is 26.7 Å². The number of halogens is 1. The predicted molar refractivity (Wildman–Crippen MR) is 78.9 cm³/mol. The van der Waals surface area contributed by atoms with Crippen LogP contribution < -0.4 is 0 Å². The van der Waals surface area contributed by atoms with E-state index in [1.54, 1.807) is 19.9 Å². The van der Waals surface area contributed by atoms with Crippen molar-refractivity contribution >= 4 is 15.9 Å². The molecule has 22 heavy (non-hydrogen) atoms. The highest BCUT2D eigenvalue weighted by Gasteiger charge is 2.25. The minimum Gasteiger partial charge on any atom is -0.342 e. The van der Waals surface area contributed by atoms with Crippen LogP contribution in [0.15, 0.2) is 23.1 Å². The van der Waals surface area contributed by atoms with Gasteiger partial charge in [-0.15, -0.1) is 0 Å². The molecule has 0 aliphatic rings. The van der Waals surface area contributed by atoms with Crippen LogP contribution in [-0.2, 0) is 14.8 Å². The maximum Gasteiger partial charge on any atom is 0.243 e. The van der Waals surface area contributed by atoms with E-state index < -0.39 is 15.8 Å². The molecule has 120 valence electrons. The molecule has 0 saturated carbocycles. The van der Waals surface area contributed by atoms with Crippen molar-refractivity contribution < 1.29 is 17.6 Å². The summed E-state index contributed by atoms with van der Waals surface area (Å²) in [5, 5.41) is 8.77. The van der Waals surface area contributed by atoms with E-state index in [0.29, 0.717) is 13.1 Å². The van der Waals surface area contributed by atoms with Crippen molar-refractivity contribution in [2.45, 2.75) is 18.7 Å². The summed E-state index contributed by atoms with van der Waals surface area (Å²) >= 11 is 0. The van der Waals surface area contributed by atoms with Gasteiger partial charge in [-0.3, -0.25) is 4.79 Å². The van der Waals surface area contributed by atoms with E-state index in [9.17, 15) is 17.6 Å². The zero-order valence-corrected chi connectivity index (χ0v) is 13.5. The Bertz CT molecular complexity index is 694. The second-order valence-electron chi connectivity index (χ2n) is 4.58. The first-order chi connectivity index (χ1) is 10.3. The zero-order chi connectivity index (χ0) is 16.9. The molecule has 0 spiro atoms. The SMILES string of the molecule is CCN(CC)C(=O)CN(C)S(=O)(=O)c1ccc(F)c(C#N)c1. The van der Waals surface area contributed by atoms with Crippen molar-refractivity contribution in [3.8, 4) is 6.07 Å². The molecule has 1 amide bonds. The monoisotopic (exact) mass is 327 g/mol. The Hall–Kier alpha value is -1.98. The second kappa shape index (κ2) is 7.33. The third kappa shape index (κ3) is 3.81. The predicted octanol–water partition coefficient (Wildman–Crippen LogP) is 1.19. The van der Waals surface area contributed by atoms with Crippen molar-refractivity contribution in [3.63, 3.8) is 0 Å². The van der Waals surface area contributed by atoms with Gasteiger partial charge in [-0.25, -0.2) is 12.8 Å². The fourth-order valence-corrected chi connectivity index (χ4v) is 3.03. The molecule has 0 radical (unpaired) electrons. The maximum atomic E-state index is 13.3. The van der Waals surface area contributed by atoms with Gasteiger partial charge in [-0.05, 0) is 32.0 Å². The highest BCUT2D eigenvalue weighted by Crippen LogP contribution is 2.18. The molecule has 1 aromatic carbocycles. The van der Waals surface area contributed by atoms with Gasteiger partial charge in [0, 0.05) is 20.1 Å². The summed E-state index contributed by atoms with van der Waals surface area (Å²) in [6, 6.07) is 4.55. The molecule has 1 aromatic rings. The van der Waals surface area contributed by atoms with E-state index in [4.69, 9.17) is 5.26 Å². The Morgan fingerprint density at radius 3 is 2.41 bits per heavy atom. The second-order valence-corrected chi connectivity index (χ2v) is 6.63. The van der Waals surface area contributed by atoms with E-state index in [1.165, 1.54) is 11.9 Å². The third-order valence-electron chi connectivity index (χ3n) is 3.24. The van der Waals surface area contributed by atoms with Gasteiger partial charge in [0.25, 0.3) is 0 Å². The zero-order valence-electron chi connectivity index (χ0n) is 12.7. The smallest absolute Gasteiger partial charge is 0.243 e. The highest BCUT2D eigenvalue weighted by atomic mass is 32.2. The van der Waals surface area contributed by atoms with E-state index in [0.717, 1.165) is 22.5 Å². The molecule has 0 aliphatic heterocycles. The number of nitrogens with zero attached hydrogens (tertiary/aromatic N) is 3. The number of amides is 1. The summed E-state index contributed by atoms with van der Waals surface area (Å²) < 4.78 is 38.9. The largest absolute Gasteiger partial charge is 0.342 e. The van der Waals surface area contributed by atoms with Gasteiger partial charge in [0.15, 0.2) is 0 Å². The van der Waals surface area contributed by atoms with Gasteiger partial charge < -0.3 is 4.90 Å². The molecule has 6 nitrogen and oxygen atoms in total. The van der Waals surface area contributed by atoms with Gasteiger partial charge in [0.1, 0.15) is 11.9 Å². The first-order valence-electron chi connectivity index (χ1n) is 6.71. The molecular weight excluding hydrogens is 309 g/mol. The number of benzene rings is 1. The van der Waals surface area contributed by atoms with Crippen LogP contribution in [0.4, 0.5) is 4.39 Å². The fourth-order valence-electron chi connectivity index (χ4n) is 1.88. The van der Waals surface area contributed by atoms with Crippen LogP contribution in [0.2, 0.25) is 0 Å². The molecule has 0 atom stereocenters. The van der Waals surface area contributed by atoms with E-state index in [1.807, 2.05) is 0 Å². The number of sulfonamides is 1. The number of hydrogen-bond acceptors (Lipinski definition) is 4. The van der Waals surface area contributed by atoms with Gasteiger partial charge in [-0.1, -0.05) is 0 Å². The normalized spacial score (nSPS) is 11.3. The van der Waals surface area contributed by atoms with Crippen LogP contribution >= 0.6 is 0 Å². The lowest BCUT2D eigenvalue weighted by atomic mass is 10.2. The number of hydrogen-bond donors (Lipinski definition) is 0. The van der Waals surface area contributed by atoms with Crippen LogP contribution in [-0.4, -0.2) is 50.2 Å². The molecule has 0 aliphatic carbocycles. The average Bonchev–Trinajstić information content (AvgIpc) is 2.48. The standard InChI is InChI=1S/C14H18FN3O3S/c1-4-18(5-2)14(19)10-17(3)22(20,21)12-6-7-13(15)11(8-12)9-16/h6-8H,4-5,10H2,1-3H3. The van der Waals surface area contributed by atoms with Gasteiger partial charge >= 0.3 is 0 Å². The van der Waals surface area contributed by atoms with Crippen molar-refractivity contribution in [2.24, 2.45) is 0 Å². The van der Waals surface area contributed by atoms with Crippen LogP contribution in [0.3, 0.4) is 0 Å². The number of carbonyl (C=O) groups is 1. The van der Waals surface area contributed by atoms with Crippen molar-refractivity contribution in [1.82, 2.24) is 9.21 Å². The molecule has 0 fully saturated rings. The summed E-state index contributed by atoms with van der Waals surface area (Å²) in [5.74, 6) is -1.11. The molecule has 1 rings (SSSR count). The summed E-state index contributed by atoms with van der Waals surface area (Å²) in [6.45, 7) is 4.25. The number of rotatable bonds is 6. The van der Waals surface area contributed by atoms with Crippen LogP contribution in [0.1, 0.15) is 19.4 Å². The quantitative estimate of drug-likeness (QED) is 0.786. The molecule has 0 bridgehead atoms. The Morgan fingerprint density at radius 1 is 1.32 bits per heavy atom. The van der Waals surface area contributed by atoms with Gasteiger partial charge in [-0.2, -0.15) is 9.57 Å². The average molecular weight is 327 g/mol. The summed E-state index contributed by atoms with van der Waals surface area (Å²) in [6.07, 6.45) is 0. The molecule has 0 unspecified atom stereocenters. The third-order valence-corrected chi connectivity index (χ3v) is 5.04. The van der Waals surface area contributed by atoms with E-state index in [2.05, 4.69) is 0 Å². The number of carbonyl (C=O) groups excluding carboxylic acids is 1. The topological polar surface area (TPSA) is 81.5 Å². The molecule has 0 aromatic heterocycles. The maximum absolute atomic E-state index is 13.3. The Labute approximate surface area is 129 Å². The summed E-state index contributed by atoms with van der Waals surface area (Å²) in [5.41, 5.74) is -0.357. The van der Waals surface area contributed by atoms with Crippen molar-refractivity contribution in [3.05, 3.63) is 29.6 Å². The Balaban J connectivity index is 3.04. The Kier molecular flexibility index (Phi) is 6.02. The first-order valence-corrected chi connectivity index (χ1v) is 8.15. The lowest BCUT2D eigenvalue weighted by molar-refractivity contribution is -0.130. The number of likely N-dealkylation sites (N-methyl/N-ethyl adjacent to an activating group) is 2. The minimum atomic E-state index is -3.97. The van der Waals surface area contributed by atoms with Gasteiger partial charge in [0.05, 0.1) is 17.0 Å². The van der Waals surface area contributed by atoms with E-state index >= 15 is 0 Å². The van der Waals surface area contributed by atoms with Crippen LogP contribution in [0, 0.1) is 17.1 Å². The van der Waals surface area contributed by atoms with Crippen LogP contribution in [0.25, 0.3) is 0 Å². The first kappa shape index (κ1) is 18.1.